The lowest BCUT2D eigenvalue weighted by Crippen LogP contribution is -2.06. The number of hydrogen-bond donors (Lipinski definition) is 1. The van der Waals surface area contributed by atoms with Crippen molar-refractivity contribution >= 4 is 15.9 Å². The Bertz CT molecular complexity index is 625. The van der Waals surface area contributed by atoms with Gasteiger partial charge >= 0.3 is 0 Å². The molecule has 0 saturated heterocycles. The molecular formula is C17H19BrO3. The average Bonchev–Trinajstić information content (AvgIpc) is 2.50. The maximum Gasteiger partial charge on any atom is 0.125 e. The summed E-state index contributed by atoms with van der Waals surface area (Å²) in [5.74, 6) is 1.47. The molecular weight excluding hydrogens is 332 g/mol. The van der Waals surface area contributed by atoms with Crippen LogP contribution < -0.4 is 9.47 Å². The summed E-state index contributed by atoms with van der Waals surface area (Å²) in [7, 11) is 3.25. The number of benzene rings is 2. The van der Waals surface area contributed by atoms with Crippen LogP contribution in [0.1, 0.15) is 22.8 Å². The fraction of sp³-hybridized carbons (Fsp3) is 0.294. The van der Waals surface area contributed by atoms with E-state index < -0.39 is 6.10 Å². The number of aliphatic hydroxyl groups is 1. The van der Waals surface area contributed by atoms with Gasteiger partial charge in [-0.15, -0.1) is 0 Å². The Hall–Kier alpha value is -1.52. The lowest BCUT2D eigenvalue weighted by atomic mass is 9.99. The normalized spacial score (nSPS) is 12.0. The molecule has 1 unspecified atom stereocenters. The van der Waals surface area contributed by atoms with Crippen LogP contribution in [0.3, 0.4) is 0 Å². The largest absolute Gasteiger partial charge is 0.496 e. The van der Waals surface area contributed by atoms with Gasteiger partial charge in [0.15, 0.2) is 0 Å². The molecule has 0 fully saturated rings. The zero-order valence-corrected chi connectivity index (χ0v) is 14.0. The molecule has 0 aromatic heterocycles. The molecule has 2 aromatic carbocycles. The molecule has 2 aromatic rings. The summed E-state index contributed by atoms with van der Waals surface area (Å²) in [6, 6.07) is 11.5. The summed E-state index contributed by atoms with van der Waals surface area (Å²) in [6.45, 7) is 1.99. The van der Waals surface area contributed by atoms with E-state index >= 15 is 0 Å². The van der Waals surface area contributed by atoms with Crippen molar-refractivity contribution in [2.45, 2.75) is 19.4 Å². The van der Waals surface area contributed by atoms with E-state index in [-0.39, 0.29) is 0 Å². The van der Waals surface area contributed by atoms with E-state index in [2.05, 4.69) is 15.9 Å². The molecule has 0 aliphatic rings. The molecule has 0 bridgehead atoms. The summed E-state index contributed by atoms with van der Waals surface area (Å²) in [4.78, 5) is 0. The Balaban J connectivity index is 2.32. The zero-order chi connectivity index (χ0) is 15.4. The van der Waals surface area contributed by atoms with Crippen molar-refractivity contribution in [3.63, 3.8) is 0 Å². The van der Waals surface area contributed by atoms with E-state index in [0.717, 1.165) is 26.9 Å². The fourth-order valence-electron chi connectivity index (χ4n) is 2.30. The van der Waals surface area contributed by atoms with Gasteiger partial charge < -0.3 is 14.6 Å². The molecule has 0 amide bonds. The van der Waals surface area contributed by atoms with Gasteiger partial charge in [-0.1, -0.05) is 34.1 Å². The van der Waals surface area contributed by atoms with Crippen molar-refractivity contribution < 1.29 is 14.6 Å². The SMILES string of the molecule is COc1ccccc1CC(O)c1cc(Br)c(C)cc1OC. The average molecular weight is 351 g/mol. The van der Waals surface area contributed by atoms with E-state index in [4.69, 9.17) is 9.47 Å². The minimum atomic E-state index is -0.659. The van der Waals surface area contributed by atoms with Crippen LogP contribution in [0.4, 0.5) is 0 Å². The van der Waals surface area contributed by atoms with Crippen LogP contribution in [0.15, 0.2) is 40.9 Å². The number of ether oxygens (including phenoxy) is 2. The summed E-state index contributed by atoms with van der Waals surface area (Å²) in [6.07, 6.45) is -0.191. The number of methoxy groups -OCH3 is 2. The van der Waals surface area contributed by atoms with E-state index in [1.54, 1.807) is 14.2 Å². The molecule has 1 N–H and O–H groups in total. The van der Waals surface area contributed by atoms with Gasteiger partial charge in [0.2, 0.25) is 0 Å². The number of rotatable bonds is 5. The monoisotopic (exact) mass is 350 g/mol. The van der Waals surface area contributed by atoms with Crippen LogP contribution in [-0.2, 0) is 6.42 Å². The molecule has 3 nitrogen and oxygen atoms in total. The lowest BCUT2D eigenvalue weighted by molar-refractivity contribution is 0.172. The Labute approximate surface area is 133 Å². The first-order valence-electron chi connectivity index (χ1n) is 6.70. The second kappa shape index (κ2) is 6.96. The Morgan fingerprint density at radius 1 is 1.10 bits per heavy atom. The smallest absolute Gasteiger partial charge is 0.125 e. The lowest BCUT2D eigenvalue weighted by Gasteiger charge is -2.17. The van der Waals surface area contributed by atoms with E-state index in [9.17, 15) is 5.11 Å². The van der Waals surface area contributed by atoms with Gasteiger partial charge in [-0.3, -0.25) is 0 Å². The van der Waals surface area contributed by atoms with E-state index in [1.807, 2.05) is 43.3 Å². The first-order valence-corrected chi connectivity index (χ1v) is 7.50. The van der Waals surface area contributed by atoms with Crippen LogP contribution in [0.5, 0.6) is 11.5 Å². The van der Waals surface area contributed by atoms with Gasteiger partial charge in [-0.2, -0.15) is 0 Å². The summed E-state index contributed by atoms with van der Waals surface area (Å²) < 4.78 is 11.7. The van der Waals surface area contributed by atoms with Gasteiger partial charge in [0.1, 0.15) is 11.5 Å². The summed E-state index contributed by atoms with van der Waals surface area (Å²) >= 11 is 3.50. The first kappa shape index (κ1) is 15.9. The molecule has 1 atom stereocenters. The molecule has 0 radical (unpaired) electrons. The zero-order valence-electron chi connectivity index (χ0n) is 12.4. The number of halogens is 1. The number of hydrogen-bond acceptors (Lipinski definition) is 3. The van der Waals surface area contributed by atoms with Crippen molar-refractivity contribution in [1.29, 1.82) is 0 Å². The highest BCUT2D eigenvalue weighted by molar-refractivity contribution is 9.10. The van der Waals surface area contributed by atoms with Crippen molar-refractivity contribution in [3.05, 3.63) is 57.6 Å². The molecule has 2 rings (SSSR count). The topological polar surface area (TPSA) is 38.7 Å². The second-order valence-corrected chi connectivity index (χ2v) is 5.73. The predicted octanol–water partition coefficient (Wildman–Crippen LogP) is 4.05. The summed E-state index contributed by atoms with van der Waals surface area (Å²) in [5, 5.41) is 10.6. The van der Waals surface area contributed by atoms with Crippen LogP contribution in [0.2, 0.25) is 0 Å². The molecule has 112 valence electrons. The number of aliphatic hydroxyl groups excluding tert-OH is 1. The third-order valence-corrected chi connectivity index (χ3v) is 4.33. The van der Waals surface area contributed by atoms with Gasteiger partial charge in [-0.25, -0.2) is 0 Å². The first-order chi connectivity index (χ1) is 10.1. The van der Waals surface area contributed by atoms with E-state index in [1.165, 1.54) is 0 Å². The molecule has 0 saturated carbocycles. The van der Waals surface area contributed by atoms with Gasteiger partial charge in [0.25, 0.3) is 0 Å². The van der Waals surface area contributed by atoms with Crippen molar-refractivity contribution in [2.24, 2.45) is 0 Å². The molecule has 0 aliphatic carbocycles. The third-order valence-electron chi connectivity index (χ3n) is 3.48. The van der Waals surface area contributed by atoms with Crippen LogP contribution in [-0.4, -0.2) is 19.3 Å². The highest BCUT2D eigenvalue weighted by Gasteiger charge is 2.17. The number of aryl methyl sites for hydroxylation is 1. The Morgan fingerprint density at radius 3 is 2.43 bits per heavy atom. The fourth-order valence-corrected chi connectivity index (χ4v) is 2.66. The van der Waals surface area contributed by atoms with Crippen molar-refractivity contribution in [2.75, 3.05) is 14.2 Å². The Morgan fingerprint density at radius 2 is 1.76 bits per heavy atom. The second-order valence-electron chi connectivity index (χ2n) is 4.88. The molecule has 0 spiro atoms. The van der Waals surface area contributed by atoms with Crippen LogP contribution >= 0.6 is 15.9 Å². The molecule has 0 aliphatic heterocycles. The van der Waals surface area contributed by atoms with Crippen molar-refractivity contribution in [1.82, 2.24) is 0 Å². The minimum absolute atomic E-state index is 0.468. The van der Waals surface area contributed by atoms with Gasteiger partial charge in [-0.05, 0) is 36.2 Å². The predicted molar refractivity (Wildman–Crippen MR) is 87.1 cm³/mol. The molecule has 4 heteroatoms. The molecule has 0 heterocycles. The Kier molecular flexibility index (Phi) is 5.26. The molecule has 21 heavy (non-hydrogen) atoms. The van der Waals surface area contributed by atoms with Crippen LogP contribution in [0, 0.1) is 6.92 Å². The van der Waals surface area contributed by atoms with Crippen LogP contribution in [0.25, 0.3) is 0 Å². The van der Waals surface area contributed by atoms with E-state index in [0.29, 0.717) is 12.2 Å². The number of para-hydroxylation sites is 1. The van der Waals surface area contributed by atoms with Gasteiger partial charge in [0, 0.05) is 16.5 Å². The van der Waals surface area contributed by atoms with Gasteiger partial charge in [0.05, 0.1) is 20.3 Å². The third kappa shape index (κ3) is 3.57. The van der Waals surface area contributed by atoms with Crippen molar-refractivity contribution in [3.8, 4) is 11.5 Å². The summed E-state index contributed by atoms with van der Waals surface area (Å²) in [5.41, 5.74) is 2.80. The standard InChI is InChI=1S/C17H19BrO3/c1-11-8-17(21-3)13(10-14(11)18)15(19)9-12-6-4-5-7-16(12)20-2/h4-8,10,15,19H,9H2,1-3H3. The minimum Gasteiger partial charge on any atom is -0.496 e. The highest BCUT2D eigenvalue weighted by Crippen LogP contribution is 2.34. The maximum absolute atomic E-state index is 10.6. The quantitative estimate of drug-likeness (QED) is 0.883. The maximum atomic E-state index is 10.6. The highest BCUT2D eigenvalue weighted by atomic mass is 79.9.